The fraction of sp³-hybridized carbons (Fsp3) is 0.538. The smallest absolute Gasteiger partial charge is 0.0561 e. The molecule has 1 aromatic carbocycles. The molecule has 0 aliphatic carbocycles. The van der Waals surface area contributed by atoms with E-state index >= 15 is 0 Å². The molecule has 0 amide bonds. The molecule has 1 heterocycles. The molecule has 1 N–H and O–H groups in total. The fourth-order valence-electron chi connectivity index (χ4n) is 2.04. The van der Waals surface area contributed by atoms with Crippen LogP contribution in [0.3, 0.4) is 0 Å². The molecule has 1 aliphatic rings. The zero-order chi connectivity index (χ0) is 10.5. The summed E-state index contributed by atoms with van der Waals surface area (Å²) in [5.41, 5.74) is 1.36. The third-order valence-electron chi connectivity index (χ3n) is 2.92. The number of hydrogen-bond donors (Lipinski definition) is 1. The summed E-state index contributed by atoms with van der Waals surface area (Å²) in [5.74, 6) is 0. The Bertz CT molecular complexity index is 286. The normalized spacial score (nSPS) is 26.5. The summed E-state index contributed by atoms with van der Waals surface area (Å²) in [6, 6.07) is 11.2. The van der Waals surface area contributed by atoms with Crippen LogP contribution in [-0.2, 0) is 11.3 Å². The highest BCUT2D eigenvalue weighted by Gasteiger charge is 2.18. The second-order valence-corrected chi connectivity index (χ2v) is 4.27. The van der Waals surface area contributed by atoms with Crippen LogP contribution < -0.4 is 5.32 Å². The molecule has 1 fully saturated rings. The summed E-state index contributed by atoms with van der Waals surface area (Å²) in [6.07, 6.45) is 2.68. The molecule has 1 aromatic rings. The summed E-state index contributed by atoms with van der Waals surface area (Å²) >= 11 is 0. The molecule has 2 nitrogen and oxygen atoms in total. The Morgan fingerprint density at radius 2 is 2.13 bits per heavy atom. The van der Waals surface area contributed by atoms with E-state index in [1.54, 1.807) is 0 Å². The zero-order valence-electron chi connectivity index (χ0n) is 9.28. The molecule has 0 unspecified atom stereocenters. The van der Waals surface area contributed by atoms with Crippen LogP contribution in [0.1, 0.15) is 25.3 Å². The van der Waals surface area contributed by atoms with Crippen molar-refractivity contribution in [3.63, 3.8) is 0 Å². The largest absolute Gasteiger partial charge is 0.378 e. The van der Waals surface area contributed by atoms with Gasteiger partial charge < -0.3 is 10.1 Å². The number of nitrogens with one attached hydrogen (secondary N) is 1. The summed E-state index contributed by atoms with van der Waals surface area (Å²) < 4.78 is 5.52. The predicted octanol–water partition coefficient (Wildman–Crippen LogP) is 2.34. The van der Waals surface area contributed by atoms with E-state index in [1.165, 1.54) is 5.56 Å². The Kier molecular flexibility index (Phi) is 3.75. The monoisotopic (exact) mass is 205 g/mol. The standard InChI is InChI=1S/C13H19NO/c1-11-9-13(7-8-15-11)14-10-12-5-3-2-4-6-12/h2-6,11,13-14H,7-10H2,1H3/t11-,13-/m1/s1. The molecule has 2 atom stereocenters. The highest BCUT2D eigenvalue weighted by atomic mass is 16.5. The van der Waals surface area contributed by atoms with Gasteiger partial charge in [-0.2, -0.15) is 0 Å². The first-order valence-electron chi connectivity index (χ1n) is 5.73. The van der Waals surface area contributed by atoms with Crippen LogP contribution in [0.15, 0.2) is 30.3 Å². The molecule has 2 rings (SSSR count). The molecule has 2 heteroatoms. The van der Waals surface area contributed by atoms with Gasteiger partial charge in [-0.3, -0.25) is 0 Å². The van der Waals surface area contributed by atoms with Crippen molar-refractivity contribution in [2.24, 2.45) is 0 Å². The lowest BCUT2D eigenvalue weighted by Gasteiger charge is -2.28. The SMILES string of the molecule is C[C@@H]1C[C@H](NCc2ccccc2)CCO1. The van der Waals surface area contributed by atoms with Crippen molar-refractivity contribution < 1.29 is 4.74 Å². The zero-order valence-corrected chi connectivity index (χ0v) is 9.28. The van der Waals surface area contributed by atoms with Gasteiger partial charge in [0, 0.05) is 19.2 Å². The van der Waals surface area contributed by atoms with Gasteiger partial charge >= 0.3 is 0 Å². The van der Waals surface area contributed by atoms with Crippen LogP contribution in [0, 0.1) is 0 Å². The van der Waals surface area contributed by atoms with E-state index in [9.17, 15) is 0 Å². The van der Waals surface area contributed by atoms with Crippen molar-refractivity contribution >= 4 is 0 Å². The van der Waals surface area contributed by atoms with Gasteiger partial charge in [0.05, 0.1) is 6.10 Å². The third kappa shape index (κ3) is 3.33. The van der Waals surface area contributed by atoms with Crippen LogP contribution >= 0.6 is 0 Å². The quantitative estimate of drug-likeness (QED) is 0.818. The molecule has 15 heavy (non-hydrogen) atoms. The van der Waals surface area contributed by atoms with Gasteiger partial charge in [0.25, 0.3) is 0 Å². The molecular weight excluding hydrogens is 186 g/mol. The molecule has 0 saturated carbocycles. The molecular formula is C13H19NO. The van der Waals surface area contributed by atoms with E-state index in [0.29, 0.717) is 12.1 Å². The van der Waals surface area contributed by atoms with Crippen molar-refractivity contribution in [2.75, 3.05) is 6.61 Å². The Morgan fingerprint density at radius 1 is 1.33 bits per heavy atom. The first-order valence-corrected chi connectivity index (χ1v) is 5.73. The van der Waals surface area contributed by atoms with Crippen LogP contribution in [-0.4, -0.2) is 18.8 Å². The molecule has 0 radical (unpaired) electrons. The Hall–Kier alpha value is -0.860. The highest BCUT2D eigenvalue weighted by molar-refractivity contribution is 5.14. The number of rotatable bonds is 3. The molecule has 1 saturated heterocycles. The Labute approximate surface area is 91.6 Å². The maximum Gasteiger partial charge on any atom is 0.0561 e. The van der Waals surface area contributed by atoms with Gasteiger partial charge in [0.2, 0.25) is 0 Å². The summed E-state index contributed by atoms with van der Waals surface area (Å²) in [6.45, 7) is 4.02. The fourth-order valence-corrected chi connectivity index (χ4v) is 2.04. The lowest BCUT2D eigenvalue weighted by atomic mass is 10.0. The lowest BCUT2D eigenvalue weighted by molar-refractivity contribution is 0.0130. The van der Waals surface area contributed by atoms with E-state index in [0.717, 1.165) is 26.0 Å². The molecule has 0 bridgehead atoms. The van der Waals surface area contributed by atoms with Gasteiger partial charge in [0.15, 0.2) is 0 Å². The van der Waals surface area contributed by atoms with Crippen LogP contribution in [0.2, 0.25) is 0 Å². The van der Waals surface area contributed by atoms with Crippen LogP contribution in [0.4, 0.5) is 0 Å². The molecule has 1 aliphatic heterocycles. The van der Waals surface area contributed by atoms with Crippen molar-refractivity contribution in [1.82, 2.24) is 5.32 Å². The number of benzene rings is 1. The average molecular weight is 205 g/mol. The topological polar surface area (TPSA) is 21.3 Å². The first kappa shape index (κ1) is 10.7. The molecule has 0 aromatic heterocycles. The highest BCUT2D eigenvalue weighted by Crippen LogP contribution is 2.13. The molecule has 0 spiro atoms. The Balaban J connectivity index is 1.78. The van der Waals surface area contributed by atoms with Crippen molar-refractivity contribution in [1.29, 1.82) is 0 Å². The summed E-state index contributed by atoms with van der Waals surface area (Å²) in [5, 5.41) is 3.59. The van der Waals surface area contributed by atoms with E-state index in [-0.39, 0.29) is 0 Å². The second-order valence-electron chi connectivity index (χ2n) is 4.27. The number of ether oxygens (including phenoxy) is 1. The van der Waals surface area contributed by atoms with E-state index in [4.69, 9.17) is 4.74 Å². The van der Waals surface area contributed by atoms with Crippen LogP contribution in [0.25, 0.3) is 0 Å². The minimum atomic E-state index is 0.409. The summed E-state index contributed by atoms with van der Waals surface area (Å²) in [7, 11) is 0. The van der Waals surface area contributed by atoms with Crippen LogP contribution in [0.5, 0.6) is 0 Å². The average Bonchev–Trinajstić information content (AvgIpc) is 2.28. The number of hydrogen-bond acceptors (Lipinski definition) is 2. The van der Waals surface area contributed by atoms with Crippen molar-refractivity contribution in [3.8, 4) is 0 Å². The molecule has 82 valence electrons. The van der Waals surface area contributed by atoms with Gasteiger partial charge in [-0.25, -0.2) is 0 Å². The first-order chi connectivity index (χ1) is 7.34. The van der Waals surface area contributed by atoms with Gasteiger partial charge in [-0.15, -0.1) is 0 Å². The van der Waals surface area contributed by atoms with Gasteiger partial charge in [-0.05, 0) is 25.3 Å². The minimum Gasteiger partial charge on any atom is -0.378 e. The lowest BCUT2D eigenvalue weighted by Crippen LogP contribution is -2.37. The van der Waals surface area contributed by atoms with E-state index in [2.05, 4.69) is 42.6 Å². The third-order valence-corrected chi connectivity index (χ3v) is 2.92. The van der Waals surface area contributed by atoms with E-state index < -0.39 is 0 Å². The summed E-state index contributed by atoms with van der Waals surface area (Å²) in [4.78, 5) is 0. The van der Waals surface area contributed by atoms with Gasteiger partial charge in [-0.1, -0.05) is 30.3 Å². The minimum absolute atomic E-state index is 0.409. The van der Waals surface area contributed by atoms with E-state index in [1.807, 2.05) is 0 Å². The second kappa shape index (κ2) is 5.29. The van der Waals surface area contributed by atoms with Crippen molar-refractivity contribution in [3.05, 3.63) is 35.9 Å². The maximum atomic E-state index is 5.52. The van der Waals surface area contributed by atoms with Gasteiger partial charge in [0.1, 0.15) is 0 Å². The Morgan fingerprint density at radius 3 is 2.87 bits per heavy atom. The predicted molar refractivity (Wildman–Crippen MR) is 61.7 cm³/mol. The van der Waals surface area contributed by atoms with Crippen molar-refractivity contribution in [2.45, 2.75) is 38.5 Å². The maximum absolute atomic E-state index is 5.52.